The molecule has 0 unspecified atom stereocenters. The summed E-state index contributed by atoms with van der Waals surface area (Å²) in [4.78, 5) is 25.4. The molecule has 0 fully saturated rings. The lowest BCUT2D eigenvalue weighted by atomic mass is 10.1. The van der Waals surface area contributed by atoms with Crippen molar-refractivity contribution in [1.82, 2.24) is 5.32 Å². The van der Waals surface area contributed by atoms with Crippen molar-refractivity contribution < 1.29 is 19.1 Å². The molecule has 6 heteroatoms. The Morgan fingerprint density at radius 3 is 2.96 bits per heavy atom. The first-order valence-corrected chi connectivity index (χ1v) is 8.71. The van der Waals surface area contributed by atoms with Gasteiger partial charge in [-0.25, -0.2) is 4.79 Å². The number of ether oxygens (including phenoxy) is 2. The van der Waals surface area contributed by atoms with Gasteiger partial charge in [0.1, 0.15) is 17.2 Å². The lowest BCUT2D eigenvalue weighted by Gasteiger charge is -2.16. The fourth-order valence-corrected chi connectivity index (χ4v) is 3.51. The summed E-state index contributed by atoms with van der Waals surface area (Å²) >= 11 is 1.37. The van der Waals surface area contributed by atoms with E-state index < -0.39 is 5.97 Å². The molecule has 3 rings (SSSR count). The second-order valence-electron chi connectivity index (χ2n) is 5.70. The van der Waals surface area contributed by atoms with Crippen LogP contribution in [0.4, 0.5) is 0 Å². The van der Waals surface area contributed by atoms with Crippen molar-refractivity contribution in [3.05, 3.63) is 40.8 Å². The van der Waals surface area contributed by atoms with Crippen molar-refractivity contribution in [2.45, 2.75) is 32.9 Å². The van der Waals surface area contributed by atoms with Crippen LogP contribution in [0, 0.1) is 0 Å². The Balaban J connectivity index is 1.68. The molecule has 1 atom stereocenters. The van der Waals surface area contributed by atoms with Gasteiger partial charge in [0, 0.05) is 22.0 Å². The molecule has 0 saturated heterocycles. The molecule has 0 aliphatic carbocycles. The summed E-state index contributed by atoms with van der Waals surface area (Å²) < 4.78 is 10.8. The SMILES string of the molecule is CC[C@H](C)NC(=O)COC(=O)c1cc2c(s1)-c1ccccc1OC2. The quantitative estimate of drug-likeness (QED) is 0.844. The lowest BCUT2D eigenvalue weighted by Crippen LogP contribution is -2.35. The average Bonchev–Trinajstić information content (AvgIpc) is 3.04. The smallest absolute Gasteiger partial charge is 0.348 e. The zero-order chi connectivity index (χ0) is 17.1. The van der Waals surface area contributed by atoms with Gasteiger partial charge in [0.25, 0.3) is 5.91 Å². The fourth-order valence-electron chi connectivity index (χ4n) is 2.42. The van der Waals surface area contributed by atoms with Crippen molar-refractivity contribution in [2.24, 2.45) is 0 Å². The molecule has 0 bridgehead atoms. The Bertz CT molecular complexity index is 768. The van der Waals surface area contributed by atoms with Crippen LogP contribution in [0.5, 0.6) is 5.75 Å². The van der Waals surface area contributed by atoms with Gasteiger partial charge in [-0.05, 0) is 31.5 Å². The van der Waals surface area contributed by atoms with Crippen LogP contribution in [0.2, 0.25) is 0 Å². The highest BCUT2D eigenvalue weighted by Crippen LogP contribution is 2.42. The Labute approximate surface area is 144 Å². The number of rotatable bonds is 5. The highest BCUT2D eigenvalue weighted by molar-refractivity contribution is 7.17. The van der Waals surface area contributed by atoms with Crippen LogP contribution < -0.4 is 10.1 Å². The van der Waals surface area contributed by atoms with E-state index in [9.17, 15) is 9.59 Å². The topological polar surface area (TPSA) is 64.6 Å². The van der Waals surface area contributed by atoms with Gasteiger partial charge in [0.15, 0.2) is 6.61 Å². The van der Waals surface area contributed by atoms with Gasteiger partial charge in [0.05, 0.1) is 0 Å². The van der Waals surface area contributed by atoms with Crippen molar-refractivity contribution in [3.63, 3.8) is 0 Å². The molecule has 1 aliphatic heterocycles. The number of amides is 1. The molecule has 1 aromatic carbocycles. The third-order valence-electron chi connectivity index (χ3n) is 3.88. The van der Waals surface area contributed by atoms with E-state index in [-0.39, 0.29) is 18.6 Å². The molecule has 1 aromatic heterocycles. The van der Waals surface area contributed by atoms with E-state index in [1.165, 1.54) is 11.3 Å². The number of hydrogen-bond acceptors (Lipinski definition) is 5. The van der Waals surface area contributed by atoms with E-state index in [0.29, 0.717) is 11.5 Å². The summed E-state index contributed by atoms with van der Waals surface area (Å²) in [7, 11) is 0. The molecule has 126 valence electrons. The van der Waals surface area contributed by atoms with Gasteiger partial charge in [-0.1, -0.05) is 19.1 Å². The van der Waals surface area contributed by atoms with E-state index in [2.05, 4.69) is 5.32 Å². The number of thiophene rings is 1. The van der Waals surface area contributed by atoms with Gasteiger partial charge in [-0.2, -0.15) is 0 Å². The maximum atomic E-state index is 12.2. The molecule has 1 aliphatic rings. The minimum Gasteiger partial charge on any atom is -0.488 e. The van der Waals surface area contributed by atoms with E-state index in [1.54, 1.807) is 6.07 Å². The predicted octanol–water partition coefficient (Wildman–Crippen LogP) is 3.38. The molecular formula is C18H19NO4S. The Morgan fingerprint density at radius 1 is 1.38 bits per heavy atom. The molecule has 2 aromatic rings. The number of fused-ring (bicyclic) bond motifs is 3. The molecule has 2 heterocycles. The van der Waals surface area contributed by atoms with Crippen LogP contribution in [0.25, 0.3) is 10.4 Å². The normalized spacial score (nSPS) is 13.2. The first-order valence-electron chi connectivity index (χ1n) is 7.90. The monoisotopic (exact) mass is 345 g/mol. The first kappa shape index (κ1) is 16.5. The molecule has 0 saturated carbocycles. The third kappa shape index (κ3) is 3.43. The summed E-state index contributed by atoms with van der Waals surface area (Å²) in [6, 6.07) is 9.59. The van der Waals surface area contributed by atoms with Gasteiger partial charge in [-0.15, -0.1) is 11.3 Å². The molecule has 5 nitrogen and oxygen atoms in total. The molecular weight excluding hydrogens is 326 g/mol. The molecule has 24 heavy (non-hydrogen) atoms. The number of nitrogens with one attached hydrogen (secondary N) is 1. The lowest BCUT2D eigenvalue weighted by molar-refractivity contribution is -0.124. The second-order valence-corrected chi connectivity index (χ2v) is 6.75. The zero-order valence-corrected chi connectivity index (χ0v) is 14.4. The minimum atomic E-state index is -0.480. The van der Waals surface area contributed by atoms with E-state index in [0.717, 1.165) is 28.2 Å². The van der Waals surface area contributed by atoms with E-state index in [1.807, 2.05) is 38.1 Å². The third-order valence-corrected chi connectivity index (χ3v) is 5.07. The summed E-state index contributed by atoms with van der Waals surface area (Å²) in [5.74, 6) is 0.0542. The summed E-state index contributed by atoms with van der Waals surface area (Å²) in [6.45, 7) is 4.06. The van der Waals surface area contributed by atoms with Gasteiger partial charge in [0.2, 0.25) is 0 Å². The number of carbonyl (C=O) groups is 2. The van der Waals surface area contributed by atoms with Gasteiger partial charge >= 0.3 is 5.97 Å². The van der Waals surface area contributed by atoms with Crippen LogP contribution in [0.15, 0.2) is 30.3 Å². The summed E-state index contributed by atoms with van der Waals surface area (Å²) in [5, 5.41) is 2.77. The predicted molar refractivity (Wildman–Crippen MR) is 92.3 cm³/mol. The maximum Gasteiger partial charge on any atom is 0.348 e. The van der Waals surface area contributed by atoms with Crippen LogP contribution in [0.1, 0.15) is 35.5 Å². The van der Waals surface area contributed by atoms with Crippen LogP contribution >= 0.6 is 11.3 Å². The first-order chi connectivity index (χ1) is 11.6. The standard InChI is InChI=1S/C18H19NO4S/c1-3-11(2)19-16(20)10-23-18(21)15-8-12-9-22-14-7-5-4-6-13(14)17(12)24-15/h4-8,11H,3,9-10H2,1-2H3,(H,19,20)/t11-/m0/s1. The van der Waals surface area contributed by atoms with Crippen LogP contribution in [0.3, 0.4) is 0 Å². The number of para-hydroxylation sites is 1. The fraction of sp³-hybridized carbons (Fsp3) is 0.333. The number of hydrogen-bond donors (Lipinski definition) is 1. The van der Waals surface area contributed by atoms with Crippen molar-refractivity contribution in [2.75, 3.05) is 6.61 Å². The molecule has 1 N–H and O–H groups in total. The number of carbonyl (C=O) groups excluding carboxylic acids is 2. The van der Waals surface area contributed by atoms with Gasteiger partial charge < -0.3 is 14.8 Å². The Morgan fingerprint density at radius 2 is 2.17 bits per heavy atom. The second kappa shape index (κ2) is 7.05. The van der Waals surface area contributed by atoms with E-state index in [4.69, 9.17) is 9.47 Å². The highest BCUT2D eigenvalue weighted by Gasteiger charge is 2.23. The van der Waals surface area contributed by atoms with Gasteiger partial charge in [-0.3, -0.25) is 4.79 Å². The van der Waals surface area contributed by atoms with Crippen LogP contribution in [-0.2, 0) is 16.1 Å². The number of esters is 1. The van der Waals surface area contributed by atoms with Crippen molar-refractivity contribution in [3.8, 4) is 16.2 Å². The Kier molecular flexibility index (Phi) is 4.85. The maximum absolute atomic E-state index is 12.2. The Hall–Kier alpha value is -2.34. The molecule has 0 spiro atoms. The minimum absolute atomic E-state index is 0.0684. The van der Waals surface area contributed by atoms with Crippen molar-refractivity contribution >= 4 is 23.2 Å². The molecule has 1 amide bonds. The number of benzene rings is 1. The zero-order valence-electron chi connectivity index (χ0n) is 13.6. The largest absolute Gasteiger partial charge is 0.488 e. The van der Waals surface area contributed by atoms with Crippen LogP contribution in [-0.4, -0.2) is 24.5 Å². The van der Waals surface area contributed by atoms with Crippen molar-refractivity contribution in [1.29, 1.82) is 0 Å². The summed E-state index contributed by atoms with van der Waals surface area (Å²) in [6.07, 6.45) is 0.830. The summed E-state index contributed by atoms with van der Waals surface area (Å²) in [5.41, 5.74) is 1.95. The molecule has 0 radical (unpaired) electrons. The highest BCUT2D eigenvalue weighted by atomic mass is 32.1. The average molecular weight is 345 g/mol. The van der Waals surface area contributed by atoms with E-state index >= 15 is 0 Å².